The van der Waals surface area contributed by atoms with E-state index >= 15 is 0 Å². The quantitative estimate of drug-likeness (QED) is 0.750. The molecule has 0 spiro atoms. The fourth-order valence-electron chi connectivity index (χ4n) is 3.81. The first-order valence-electron chi connectivity index (χ1n) is 9.86. The van der Waals surface area contributed by atoms with Crippen LogP contribution in [0.2, 0.25) is 0 Å². The van der Waals surface area contributed by atoms with E-state index in [0.29, 0.717) is 13.0 Å². The number of rotatable bonds is 8. The minimum Gasteiger partial charge on any atom is -0.371 e. The van der Waals surface area contributed by atoms with Gasteiger partial charge < -0.3 is 4.90 Å². The van der Waals surface area contributed by atoms with Crippen LogP contribution in [0, 0.1) is 6.92 Å². The van der Waals surface area contributed by atoms with Crippen molar-refractivity contribution in [2.24, 2.45) is 0 Å². The van der Waals surface area contributed by atoms with Crippen molar-refractivity contribution in [2.75, 3.05) is 24.5 Å². The van der Waals surface area contributed by atoms with Crippen LogP contribution < -0.4 is 9.62 Å². The third-order valence-electron chi connectivity index (χ3n) is 5.03. The molecule has 0 fully saturated rings. The minimum atomic E-state index is -3.31. The van der Waals surface area contributed by atoms with Crippen molar-refractivity contribution in [3.63, 3.8) is 0 Å². The molecule has 146 valence electrons. The van der Waals surface area contributed by atoms with Crippen molar-refractivity contribution < 1.29 is 8.42 Å². The molecule has 5 heteroatoms. The largest absolute Gasteiger partial charge is 0.371 e. The summed E-state index contributed by atoms with van der Waals surface area (Å²) in [4.78, 5) is 2.47. The summed E-state index contributed by atoms with van der Waals surface area (Å²) in [7, 11) is -3.31. The van der Waals surface area contributed by atoms with Crippen LogP contribution in [0.1, 0.15) is 42.0 Å². The Labute approximate surface area is 163 Å². The Hall–Kier alpha value is -1.85. The third kappa shape index (κ3) is 5.56. The number of sulfonamides is 1. The molecule has 0 bridgehead atoms. The lowest BCUT2D eigenvalue weighted by molar-refractivity contribution is 0.580. The number of fused-ring (bicyclic) bond motifs is 1. The highest BCUT2D eigenvalue weighted by atomic mass is 32.2. The van der Waals surface area contributed by atoms with Gasteiger partial charge in [0.25, 0.3) is 0 Å². The maximum Gasteiger partial charge on any atom is 0.215 e. The number of nitrogens with one attached hydrogen (secondary N) is 1. The molecule has 0 aromatic heterocycles. The molecular formula is C22H30N2O2S. The summed E-state index contributed by atoms with van der Waals surface area (Å²) in [6.45, 7) is 6.86. The van der Waals surface area contributed by atoms with Gasteiger partial charge >= 0.3 is 0 Å². The summed E-state index contributed by atoms with van der Waals surface area (Å²) >= 11 is 0. The molecule has 0 saturated carbocycles. The first-order chi connectivity index (χ1) is 13.0. The van der Waals surface area contributed by atoms with Crippen molar-refractivity contribution >= 4 is 15.7 Å². The fraction of sp³-hybridized carbons (Fsp3) is 0.455. The molecule has 3 rings (SSSR count). The number of hydrogen-bond acceptors (Lipinski definition) is 3. The van der Waals surface area contributed by atoms with E-state index in [-0.39, 0.29) is 5.75 Å². The molecular weight excluding hydrogens is 356 g/mol. The van der Waals surface area contributed by atoms with Gasteiger partial charge in [0, 0.05) is 25.3 Å². The fourth-order valence-corrected chi connectivity index (χ4v) is 4.94. The first kappa shape index (κ1) is 19.9. The van der Waals surface area contributed by atoms with Gasteiger partial charge in [-0.15, -0.1) is 0 Å². The number of benzene rings is 2. The first-order valence-corrected chi connectivity index (χ1v) is 11.5. The SMILES string of the molecule is CCCN1CCCc2cc(CCNS(=O)(=O)Cc3cccc(C)c3)ccc21. The van der Waals surface area contributed by atoms with Crippen LogP contribution in [0.25, 0.3) is 0 Å². The molecule has 0 atom stereocenters. The summed E-state index contributed by atoms with van der Waals surface area (Å²) in [5, 5.41) is 0. The predicted octanol–water partition coefficient (Wildman–Crippen LogP) is 3.82. The zero-order valence-corrected chi connectivity index (χ0v) is 17.2. The van der Waals surface area contributed by atoms with Gasteiger partial charge in [-0.25, -0.2) is 13.1 Å². The Morgan fingerprint density at radius 2 is 1.96 bits per heavy atom. The third-order valence-corrected chi connectivity index (χ3v) is 6.38. The Kier molecular flexibility index (Phi) is 6.55. The van der Waals surface area contributed by atoms with E-state index in [1.54, 1.807) is 0 Å². The number of hydrogen-bond donors (Lipinski definition) is 1. The molecule has 0 aliphatic carbocycles. The van der Waals surface area contributed by atoms with Crippen molar-refractivity contribution in [3.05, 3.63) is 64.7 Å². The maximum absolute atomic E-state index is 12.3. The average molecular weight is 387 g/mol. The highest BCUT2D eigenvalue weighted by Crippen LogP contribution is 2.28. The van der Waals surface area contributed by atoms with Crippen LogP contribution in [0.3, 0.4) is 0 Å². The highest BCUT2D eigenvalue weighted by molar-refractivity contribution is 7.88. The summed E-state index contributed by atoms with van der Waals surface area (Å²) in [6, 6.07) is 14.3. The van der Waals surface area contributed by atoms with Gasteiger partial charge in [0.05, 0.1) is 5.75 Å². The van der Waals surface area contributed by atoms with Crippen LogP contribution in [-0.2, 0) is 28.6 Å². The molecule has 0 unspecified atom stereocenters. The number of anilines is 1. The zero-order valence-electron chi connectivity index (χ0n) is 16.4. The van der Waals surface area contributed by atoms with E-state index in [0.717, 1.165) is 37.1 Å². The van der Waals surface area contributed by atoms with E-state index < -0.39 is 10.0 Å². The van der Waals surface area contributed by atoms with E-state index in [1.807, 2.05) is 31.2 Å². The monoisotopic (exact) mass is 386 g/mol. The second-order valence-electron chi connectivity index (χ2n) is 7.45. The summed E-state index contributed by atoms with van der Waals surface area (Å²) in [5.74, 6) is 0.0326. The van der Waals surface area contributed by atoms with E-state index in [4.69, 9.17) is 0 Å². The van der Waals surface area contributed by atoms with Gasteiger partial charge in [0.2, 0.25) is 10.0 Å². The zero-order chi connectivity index (χ0) is 19.3. The molecule has 1 N–H and O–H groups in total. The molecule has 27 heavy (non-hydrogen) atoms. The van der Waals surface area contributed by atoms with Crippen LogP contribution in [-0.4, -0.2) is 28.1 Å². The van der Waals surface area contributed by atoms with Crippen LogP contribution >= 0.6 is 0 Å². The van der Waals surface area contributed by atoms with E-state index in [2.05, 4.69) is 34.7 Å². The second-order valence-corrected chi connectivity index (χ2v) is 9.25. The topological polar surface area (TPSA) is 49.4 Å². The van der Waals surface area contributed by atoms with Gasteiger partial charge in [-0.2, -0.15) is 0 Å². The molecule has 0 saturated heterocycles. The predicted molar refractivity (Wildman–Crippen MR) is 113 cm³/mol. The van der Waals surface area contributed by atoms with Crippen LogP contribution in [0.15, 0.2) is 42.5 Å². The Morgan fingerprint density at radius 3 is 2.74 bits per heavy atom. The van der Waals surface area contributed by atoms with E-state index in [1.165, 1.54) is 23.2 Å². The summed E-state index contributed by atoms with van der Waals surface area (Å²) in [6.07, 6.45) is 4.18. The highest BCUT2D eigenvalue weighted by Gasteiger charge is 2.16. The second kappa shape index (κ2) is 8.89. The van der Waals surface area contributed by atoms with E-state index in [9.17, 15) is 8.42 Å². The molecule has 1 aliphatic rings. The van der Waals surface area contributed by atoms with Gasteiger partial charge in [-0.1, -0.05) is 48.9 Å². The van der Waals surface area contributed by atoms with Gasteiger partial charge in [0.15, 0.2) is 0 Å². The molecule has 2 aromatic carbocycles. The van der Waals surface area contributed by atoms with Crippen molar-refractivity contribution in [1.82, 2.24) is 4.72 Å². The summed E-state index contributed by atoms with van der Waals surface area (Å²) < 4.78 is 27.4. The Morgan fingerprint density at radius 1 is 1.11 bits per heavy atom. The molecule has 1 aliphatic heterocycles. The lowest BCUT2D eigenvalue weighted by Crippen LogP contribution is -2.30. The molecule has 4 nitrogen and oxygen atoms in total. The molecule has 1 heterocycles. The summed E-state index contributed by atoms with van der Waals surface area (Å²) in [5.41, 5.74) is 5.85. The minimum absolute atomic E-state index is 0.0326. The van der Waals surface area contributed by atoms with Crippen LogP contribution in [0.4, 0.5) is 5.69 Å². The smallest absolute Gasteiger partial charge is 0.215 e. The number of nitrogens with zero attached hydrogens (tertiary/aromatic N) is 1. The normalized spacial score (nSPS) is 14.2. The molecule has 2 aromatic rings. The molecule has 0 amide bonds. The van der Waals surface area contributed by atoms with Crippen LogP contribution in [0.5, 0.6) is 0 Å². The maximum atomic E-state index is 12.3. The lowest BCUT2D eigenvalue weighted by Gasteiger charge is -2.31. The lowest BCUT2D eigenvalue weighted by atomic mass is 9.98. The van der Waals surface area contributed by atoms with Crippen molar-refractivity contribution in [2.45, 2.75) is 45.3 Å². The Balaban J connectivity index is 1.57. The van der Waals surface area contributed by atoms with Gasteiger partial charge in [-0.05, 0) is 55.4 Å². The van der Waals surface area contributed by atoms with Crippen molar-refractivity contribution in [1.29, 1.82) is 0 Å². The molecule has 0 radical (unpaired) electrons. The average Bonchev–Trinajstić information content (AvgIpc) is 2.61. The van der Waals surface area contributed by atoms with Crippen molar-refractivity contribution in [3.8, 4) is 0 Å². The van der Waals surface area contributed by atoms with Gasteiger partial charge in [0.1, 0.15) is 0 Å². The Bertz CT molecular complexity index is 878. The standard InChI is InChI=1S/C22H30N2O2S/c1-3-13-24-14-5-8-21-16-19(9-10-22(21)24)11-12-23-27(25,26)17-20-7-4-6-18(2)15-20/h4,6-7,9-10,15-16,23H,3,5,8,11-14,17H2,1-2H3. The van der Waals surface area contributed by atoms with Gasteiger partial charge in [-0.3, -0.25) is 0 Å². The number of aryl methyl sites for hydroxylation is 2.